The van der Waals surface area contributed by atoms with E-state index in [0.29, 0.717) is 6.04 Å². The number of hydrogen-bond acceptors (Lipinski definition) is 3. The fourth-order valence-corrected chi connectivity index (χ4v) is 2.05. The number of aromatic amines is 1. The molecule has 0 spiro atoms. The predicted octanol–water partition coefficient (Wildman–Crippen LogP) is 1.99. The second kappa shape index (κ2) is 5.98. The van der Waals surface area contributed by atoms with Gasteiger partial charge in [-0.05, 0) is 38.2 Å². The maximum atomic E-state index is 4.22. The summed E-state index contributed by atoms with van der Waals surface area (Å²) >= 11 is 0. The van der Waals surface area contributed by atoms with Gasteiger partial charge in [0.2, 0.25) is 0 Å². The van der Waals surface area contributed by atoms with Crippen molar-refractivity contribution in [1.82, 2.24) is 20.2 Å². The first kappa shape index (κ1) is 13.1. The van der Waals surface area contributed by atoms with E-state index in [1.807, 2.05) is 0 Å². The van der Waals surface area contributed by atoms with Crippen molar-refractivity contribution in [3.05, 3.63) is 30.1 Å². The van der Waals surface area contributed by atoms with Gasteiger partial charge in [-0.1, -0.05) is 13.0 Å². The van der Waals surface area contributed by atoms with Crippen LogP contribution >= 0.6 is 0 Å². The summed E-state index contributed by atoms with van der Waals surface area (Å²) < 4.78 is 0. The van der Waals surface area contributed by atoms with Crippen LogP contribution in [0.25, 0.3) is 11.0 Å². The number of benzene rings is 1. The fourth-order valence-electron chi connectivity index (χ4n) is 2.05. The zero-order chi connectivity index (χ0) is 13.0. The Hall–Kier alpha value is -1.39. The van der Waals surface area contributed by atoms with E-state index in [0.717, 1.165) is 30.7 Å². The van der Waals surface area contributed by atoms with Crippen molar-refractivity contribution in [2.24, 2.45) is 0 Å². The predicted molar refractivity (Wildman–Crippen MR) is 75.6 cm³/mol. The number of rotatable bonds is 6. The Morgan fingerprint density at radius 1 is 1.44 bits per heavy atom. The third-order valence-electron chi connectivity index (χ3n) is 3.26. The van der Waals surface area contributed by atoms with Crippen molar-refractivity contribution in [3.63, 3.8) is 0 Å². The third kappa shape index (κ3) is 3.31. The number of nitrogens with one attached hydrogen (secondary N) is 2. The van der Waals surface area contributed by atoms with Gasteiger partial charge in [0, 0.05) is 19.1 Å². The molecule has 0 fully saturated rings. The molecule has 0 amide bonds. The molecule has 0 aliphatic rings. The Morgan fingerprint density at radius 3 is 3.06 bits per heavy atom. The Balaban J connectivity index is 1.89. The first-order valence-corrected chi connectivity index (χ1v) is 6.53. The molecule has 4 heteroatoms. The van der Waals surface area contributed by atoms with Crippen LogP contribution in [0.5, 0.6) is 0 Å². The van der Waals surface area contributed by atoms with Gasteiger partial charge in [-0.2, -0.15) is 0 Å². The summed E-state index contributed by atoms with van der Waals surface area (Å²) in [6, 6.07) is 6.84. The SMILES string of the molecule is CCN(C)CC(C)NCc1ccc2nc[nH]c2c1. The Kier molecular flexibility index (Phi) is 4.33. The van der Waals surface area contributed by atoms with E-state index < -0.39 is 0 Å². The summed E-state index contributed by atoms with van der Waals surface area (Å²) in [4.78, 5) is 9.68. The normalized spacial score (nSPS) is 13.3. The smallest absolute Gasteiger partial charge is 0.0931 e. The van der Waals surface area contributed by atoms with Gasteiger partial charge in [0.15, 0.2) is 0 Å². The van der Waals surface area contributed by atoms with Gasteiger partial charge in [0.05, 0.1) is 17.4 Å². The molecule has 1 aromatic heterocycles. The van der Waals surface area contributed by atoms with Crippen LogP contribution in [0.3, 0.4) is 0 Å². The molecular formula is C14H22N4. The molecular weight excluding hydrogens is 224 g/mol. The van der Waals surface area contributed by atoms with Crippen molar-refractivity contribution >= 4 is 11.0 Å². The van der Waals surface area contributed by atoms with Crippen LogP contribution in [-0.4, -0.2) is 41.0 Å². The van der Waals surface area contributed by atoms with Crippen LogP contribution in [0.4, 0.5) is 0 Å². The molecule has 0 radical (unpaired) electrons. The van der Waals surface area contributed by atoms with Crippen LogP contribution in [-0.2, 0) is 6.54 Å². The molecule has 2 aromatic rings. The number of H-pyrrole nitrogens is 1. The van der Waals surface area contributed by atoms with Crippen molar-refractivity contribution in [3.8, 4) is 0 Å². The average Bonchev–Trinajstić information content (AvgIpc) is 2.83. The standard InChI is InChI=1S/C14H22N4/c1-4-18(3)9-11(2)15-8-12-5-6-13-14(7-12)17-10-16-13/h5-7,10-11,15H,4,8-9H2,1-3H3,(H,16,17). The van der Waals surface area contributed by atoms with Crippen LogP contribution in [0.15, 0.2) is 24.5 Å². The Morgan fingerprint density at radius 2 is 2.28 bits per heavy atom. The average molecular weight is 246 g/mol. The highest BCUT2D eigenvalue weighted by atomic mass is 15.1. The lowest BCUT2D eigenvalue weighted by Crippen LogP contribution is -2.36. The minimum atomic E-state index is 0.493. The number of fused-ring (bicyclic) bond motifs is 1. The summed E-state index contributed by atoms with van der Waals surface area (Å²) in [5, 5.41) is 3.55. The van der Waals surface area contributed by atoms with Crippen molar-refractivity contribution in [1.29, 1.82) is 0 Å². The van der Waals surface area contributed by atoms with E-state index in [9.17, 15) is 0 Å². The molecule has 98 valence electrons. The Bertz CT molecular complexity index is 491. The summed E-state index contributed by atoms with van der Waals surface area (Å²) in [5.41, 5.74) is 3.42. The van der Waals surface area contributed by atoms with Crippen LogP contribution in [0, 0.1) is 0 Å². The third-order valence-corrected chi connectivity index (χ3v) is 3.26. The van der Waals surface area contributed by atoms with Crippen LogP contribution < -0.4 is 5.32 Å². The molecule has 1 heterocycles. The molecule has 1 unspecified atom stereocenters. The largest absolute Gasteiger partial charge is 0.345 e. The monoisotopic (exact) mass is 246 g/mol. The molecule has 1 aromatic carbocycles. The maximum Gasteiger partial charge on any atom is 0.0931 e. The van der Waals surface area contributed by atoms with Gasteiger partial charge in [0.25, 0.3) is 0 Å². The van der Waals surface area contributed by atoms with Gasteiger partial charge in [-0.25, -0.2) is 4.98 Å². The van der Waals surface area contributed by atoms with E-state index in [1.54, 1.807) is 6.33 Å². The molecule has 2 rings (SSSR count). The molecule has 0 saturated heterocycles. The first-order valence-electron chi connectivity index (χ1n) is 6.53. The first-order chi connectivity index (χ1) is 8.69. The summed E-state index contributed by atoms with van der Waals surface area (Å²) in [7, 11) is 2.15. The van der Waals surface area contributed by atoms with E-state index in [2.05, 4.69) is 59.3 Å². The van der Waals surface area contributed by atoms with Gasteiger partial charge >= 0.3 is 0 Å². The van der Waals surface area contributed by atoms with Gasteiger partial charge in [-0.15, -0.1) is 0 Å². The minimum Gasteiger partial charge on any atom is -0.345 e. The maximum absolute atomic E-state index is 4.22. The second-order valence-corrected chi connectivity index (χ2v) is 4.89. The topological polar surface area (TPSA) is 44.0 Å². The lowest BCUT2D eigenvalue weighted by Gasteiger charge is -2.20. The highest BCUT2D eigenvalue weighted by Crippen LogP contribution is 2.11. The molecule has 0 aliphatic carbocycles. The zero-order valence-electron chi connectivity index (χ0n) is 11.4. The van der Waals surface area contributed by atoms with Crippen molar-refractivity contribution in [2.45, 2.75) is 26.4 Å². The molecule has 4 nitrogen and oxygen atoms in total. The lowest BCUT2D eigenvalue weighted by atomic mass is 10.2. The number of imidazole rings is 1. The molecule has 0 aliphatic heterocycles. The fraction of sp³-hybridized carbons (Fsp3) is 0.500. The molecule has 2 N–H and O–H groups in total. The Labute approximate surface area is 108 Å². The summed E-state index contributed by atoms with van der Waals surface area (Å²) in [5.74, 6) is 0. The molecule has 0 saturated carbocycles. The van der Waals surface area contributed by atoms with Crippen molar-refractivity contribution < 1.29 is 0 Å². The minimum absolute atomic E-state index is 0.493. The highest BCUT2D eigenvalue weighted by Gasteiger charge is 2.05. The molecule has 18 heavy (non-hydrogen) atoms. The van der Waals surface area contributed by atoms with Gasteiger partial charge in [0.1, 0.15) is 0 Å². The summed E-state index contributed by atoms with van der Waals surface area (Å²) in [6.07, 6.45) is 1.74. The number of hydrogen-bond donors (Lipinski definition) is 2. The quantitative estimate of drug-likeness (QED) is 0.819. The molecule has 1 atom stereocenters. The van der Waals surface area contributed by atoms with E-state index >= 15 is 0 Å². The number of nitrogens with zero attached hydrogens (tertiary/aromatic N) is 2. The summed E-state index contributed by atoms with van der Waals surface area (Å²) in [6.45, 7) is 7.46. The zero-order valence-corrected chi connectivity index (χ0v) is 11.4. The van der Waals surface area contributed by atoms with Gasteiger partial charge < -0.3 is 15.2 Å². The van der Waals surface area contributed by atoms with E-state index in [1.165, 1.54) is 5.56 Å². The number of likely N-dealkylation sites (N-methyl/N-ethyl adjacent to an activating group) is 1. The van der Waals surface area contributed by atoms with Gasteiger partial charge in [-0.3, -0.25) is 0 Å². The number of aromatic nitrogens is 2. The second-order valence-electron chi connectivity index (χ2n) is 4.89. The van der Waals surface area contributed by atoms with E-state index in [-0.39, 0.29) is 0 Å². The highest BCUT2D eigenvalue weighted by molar-refractivity contribution is 5.74. The lowest BCUT2D eigenvalue weighted by molar-refractivity contribution is 0.309. The van der Waals surface area contributed by atoms with E-state index in [4.69, 9.17) is 0 Å². The van der Waals surface area contributed by atoms with Crippen molar-refractivity contribution in [2.75, 3.05) is 20.1 Å². The van der Waals surface area contributed by atoms with Crippen LogP contribution in [0.2, 0.25) is 0 Å². The van der Waals surface area contributed by atoms with Crippen LogP contribution in [0.1, 0.15) is 19.4 Å². The molecule has 0 bridgehead atoms.